The van der Waals surface area contributed by atoms with Crippen LogP contribution in [-0.4, -0.2) is 29.9 Å². The average Bonchev–Trinajstić information content (AvgIpc) is 3.44. The molecule has 10 aromatic heterocycles. The summed E-state index contributed by atoms with van der Waals surface area (Å²) in [5.74, 6) is 2.48. The number of halogens is 2. The van der Waals surface area contributed by atoms with Gasteiger partial charge in [-0.15, -0.1) is 103 Å². The fourth-order valence-electron chi connectivity index (χ4n) is 10.5. The Morgan fingerprint density at radius 1 is 0.337 bits per heavy atom. The topological polar surface area (TPSA) is 0 Å². The number of rotatable bonds is 32. The van der Waals surface area contributed by atoms with Gasteiger partial charge in [-0.25, -0.2) is 0 Å². The van der Waals surface area contributed by atoms with Crippen LogP contribution in [0.1, 0.15) is 194 Å². The van der Waals surface area contributed by atoms with Crippen LogP contribution in [0.25, 0.3) is 66.9 Å². The predicted octanol–water partition coefficient (Wildman–Crippen LogP) is 30.5. The maximum atomic E-state index is 3.69. The first-order valence-electron chi connectivity index (χ1n) is 31.0. The molecule has 10 aromatic rings. The molecule has 0 radical (unpaired) electrons. The van der Waals surface area contributed by atoms with E-state index in [2.05, 4.69) is 167 Å². The van der Waals surface area contributed by atoms with E-state index >= 15 is 0 Å². The summed E-state index contributed by atoms with van der Waals surface area (Å²) >= 11 is 29.2. The Hall–Kier alpha value is 0.499. The van der Waals surface area contributed by atoms with Crippen LogP contribution in [0.2, 0.25) is 14.8 Å². The summed E-state index contributed by atoms with van der Waals surface area (Å²) in [5, 5.41) is 0. The summed E-state index contributed by atoms with van der Waals surface area (Å²) in [7, 11) is 0. The van der Waals surface area contributed by atoms with Crippen molar-refractivity contribution < 1.29 is 0 Å². The molecule has 0 aromatic carbocycles. The van der Waals surface area contributed by atoms with Crippen molar-refractivity contribution in [2.45, 2.75) is 227 Å². The van der Waals surface area contributed by atoms with E-state index in [1.807, 2.05) is 114 Å². The second-order valence-electron chi connectivity index (χ2n) is 23.6. The van der Waals surface area contributed by atoms with Crippen LogP contribution >= 0.6 is 169 Å². The van der Waals surface area contributed by atoms with Crippen molar-refractivity contribution in [2.75, 3.05) is 11.5 Å². The van der Waals surface area contributed by atoms with E-state index in [-0.39, 0.29) is 0 Å². The molecule has 0 spiro atoms. The van der Waals surface area contributed by atoms with Gasteiger partial charge in [0.05, 0.1) is 26.7 Å². The first kappa shape index (κ1) is 69.4. The van der Waals surface area contributed by atoms with Gasteiger partial charge in [-0.3, -0.25) is 0 Å². The molecule has 0 saturated heterocycles. The number of fused-ring (bicyclic) bond motifs is 6. The van der Waals surface area contributed by atoms with Gasteiger partial charge in [0, 0.05) is 48.5 Å². The Bertz CT molecular complexity index is 3510. The Kier molecular flexibility index (Phi) is 29.6. The molecular weight excluding hydrogens is 1480 g/mol. The Labute approximate surface area is 570 Å². The van der Waals surface area contributed by atoms with Gasteiger partial charge in [-0.1, -0.05) is 155 Å². The van der Waals surface area contributed by atoms with Gasteiger partial charge in [0.1, 0.15) is 0 Å². The van der Waals surface area contributed by atoms with Crippen LogP contribution < -0.4 is 2.89 Å². The quantitative estimate of drug-likeness (QED) is 0.0234. The van der Waals surface area contributed by atoms with Crippen LogP contribution in [0.15, 0.2) is 65.9 Å². The summed E-state index contributed by atoms with van der Waals surface area (Å²) in [6.45, 7) is 15.8. The minimum absolute atomic E-state index is 1.22. The molecule has 10 rings (SSSR count). The molecule has 0 fully saturated rings. The van der Waals surface area contributed by atoms with E-state index in [9.17, 15) is 0 Å². The molecule has 0 amide bonds. The number of hydrogen-bond acceptors (Lipinski definition) is 12. The third-order valence-electron chi connectivity index (χ3n) is 15.1. The molecule has 0 saturated carbocycles. The summed E-state index contributed by atoms with van der Waals surface area (Å²) in [6.07, 6.45) is 34.1. The summed E-state index contributed by atoms with van der Waals surface area (Å²) in [5.41, 5.74) is 2.80. The van der Waals surface area contributed by atoms with Crippen molar-refractivity contribution in [3.05, 3.63) is 81.9 Å². The molecule has 0 N–H and O–H groups in total. The molecule has 0 aliphatic carbocycles. The number of aryl methyl sites for hydroxylation is 5. The van der Waals surface area contributed by atoms with Crippen molar-refractivity contribution in [1.82, 2.24) is 0 Å². The normalized spacial score (nSPS) is 12.0. The Morgan fingerprint density at radius 2 is 0.711 bits per heavy atom. The van der Waals surface area contributed by atoms with Crippen molar-refractivity contribution >= 4 is 228 Å². The zero-order valence-electron chi connectivity index (χ0n) is 51.2. The SMILES string of the molecule is CCCCCCCCCCCCCCSc1cc(Br)sc1-c1sc(Br)cc1C.CCCCCCCCCCCCCCSc1cc(C)sc1-c1sc(-c2cc3sc4cc(C)sc4c3s2)cc1C.Cc1cc2sc3c[c]([Sn]([CH3])([CH3])[CH3])sc3c2s1. The van der Waals surface area contributed by atoms with E-state index in [4.69, 9.17) is 0 Å². The van der Waals surface area contributed by atoms with Gasteiger partial charge < -0.3 is 0 Å². The van der Waals surface area contributed by atoms with Crippen molar-refractivity contribution in [2.24, 2.45) is 0 Å². The van der Waals surface area contributed by atoms with Gasteiger partial charge >= 0.3 is 113 Å². The minimum atomic E-state index is -1.85. The summed E-state index contributed by atoms with van der Waals surface area (Å²) < 4.78 is 16.2. The average molecular weight is 1570 g/mol. The first-order chi connectivity index (χ1) is 40.1. The molecule has 0 aliphatic rings. The third kappa shape index (κ3) is 20.8. The molecule has 0 aliphatic heterocycles. The third-order valence-corrected chi connectivity index (χ3v) is 40.6. The van der Waals surface area contributed by atoms with Crippen molar-refractivity contribution in [3.63, 3.8) is 0 Å². The fourth-order valence-corrected chi connectivity index (χ4v) is 32.8. The maximum absolute atomic E-state index is 3.69. The van der Waals surface area contributed by atoms with E-state index in [1.54, 1.807) is 7.59 Å². The van der Waals surface area contributed by atoms with Crippen molar-refractivity contribution in [3.8, 4) is 29.3 Å². The molecule has 10 heterocycles. The zero-order chi connectivity index (χ0) is 58.9. The van der Waals surface area contributed by atoms with Crippen LogP contribution in [-0.2, 0) is 0 Å². The van der Waals surface area contributed by atoms with Gasteiger partial charge in [-0.2, -0.15) is 0 Å². The molecule has 0 unspecified atom stereocenters. The van der Waals surface area contributed by atoms with E-state index < -0.39 is 18.4 Å². The van der Waals surface area contributed by atoms with Crippen LogP contribution in [0.4, 0.5) is 0 Å². The van der Waals surface area contributed by atoms with Gasteiger partial charge in [0.25, 0.3) is 0 Å². The number of unbranched alkanes of at least 4 members (excludes halogenated alkanes) is 22. The molecule has 0 bridgehead atoms. The number of thiophene rings is 10. The number of thioether (sulfide) groups is 2. The second kappa shape index (κ2) is 35.4. The van der Waals surface area contributed by atoms with Crippen LogP contribution in [0, 0.1) is 34.6 Å². The monoisotopic (exact) mass is 1570 g/mol. The van der Waals surface area contributed by atoms with Crippen LogP contribution in [0.5, 0.6) is 0 Å². The molecule has 83 heavy (non-hydrogen) atoms. The Morgan fingerprint density at radius 3 is 1.20 bits per heavy atom. The summed E-state index contributed by atoms with van der Waals surface area (Å²) in [6, 6.07) is 19.0. The standard InChI is InChI=1S/C33H42S6.C23H34Br2S3.C9H5S3.3CH3.Sn/c1-5-6-7-8-9-10-11-12-13-14-15-16-17-34-27-19-23(3)35-31(27)30-22(2)18-25(38-30)26-21-29-33(39-26)32-28(37-29)20-24(4)36-32;1-3-4-5-6-7-8-9-10-11-12-13-14-15-26-19-17-21(25)28-23(19)22-18(2)16-20(24)27-22;1-5-4-7-9(11-5)8-6(12-7)2-3-10-8;;;;/h18-21H,5-17H2,1-4H3;16-17H,3-15H2,1-2H3;2,4H,1H3;3*1H3;. The van der Waals surface area contributed by atoms with E-state index in [0.29, 0.717) is 0 Å². The Balaban J connectivity index is 0.000000177. The summed E-state index contributed by atoms with van der Waals surface area (Å²) in [4.78, 5) is 23.4. The van der Waals surface area contributed by atoms with Gasteiger partial charge in [0.2, 0.25) is 0 Å². The van der Waals surface area contributed by atoms with Crippen LogP contribution in [0.3, 0.4) is 0 Å². The number of hydrogen-bond donors (Lipinski definition) is 0. The molecular formula is C68H90Br2S12Sn. The molecule has 0 nitrogen and oxygen atoms in total. The second-order valence-corrected chi connectivity index (χ2v) is 55.3. The molecule has 0 atom stereocenters. The van der Waals surface area contributed by atoms with E-state index in [1.165, 1.54) is 271 Å². The van der Waals surface area contributed by atoms with E-state index in [0.717, 1.165) is 0 Å². The zero-order valence-corrected chi connectivity index (χ0v) is 67.0. The van der Waals surface area contributed by atoms with Crippen molar-refractivity contribution in [1.29, 1.82) is 0 Å². The molecule has 452 valence electrons. The van der Waals surface area contributed by atoms with Gasteiger partial charge in [-0.05, 0) is 131 Å². The fraction of sp³-hybridized carbons (Fsp3) is 0.529. The van der Waals surface area contributed by atoms with Gasteiger partial charge in [0.15, 0.2) is 0 Å². The molecule has 15 heteroatoms. The predicted molar refractivity (Wildman–Crippen MR) is 410 cm³/mol. The first-order valence-corrected chi connectivity index (χ1v) is 52.7.